The Morgan fingerprint density at radius 2 is 2.11 bits per heavy atom. The van der Waals surface area contributed by atoms with Crippen molar-refractivity contribution in [1.82, 2.24) is 10.4 Å². The van der Waals surface area contributed by atoms with Crippen molar-refractivity contribution in [2.24, 2.45) is 0 Å². The lowest BCUT2D eigenvalue weighted by Gasteiger charge is -2.02. The topological polar surface area (TPSA) is 32.3 Å². The standard InChI is InChI=1S/C4H8N2O.2ClH/c1-6-3-2-4(7)5-6;;/h2-3H2,1H3,(H,5,7);2*1H. The van der Waals surface area contributed by atoms with Crippen LogP contribution in [0.2, 0.25) is 0 Å². The lowest BCUT2D eigenvalue weighted by Crippen LogP contribution is -2.28. The van der Waals surface area contributed by atoms with E-state index in [0.29, 0.717) is 6.42 Å². The van der Waals surface area contributed by atoms with Gasteiger partial charge < -0.3 is 0 Å². The number of hydrazine groups is 1. The molecule has 0 saturated carbocycles. The molecule has 0 aliphatic carbocycles. The van der Waals surface area contributed by atoms with Gasteiger partial charge in [-0.3, -0.25) is 10.2 Å². The summed E-state index contributed by atoms with van der Waals surface area (Å²) in [6.45, 7) is 0.846. The minimum Gasteiger partial charge on any atom is -0.289 e. The van der Waals surface area contributed by atoms with E-state index in [4.69, 9.17) is 0 Å². The quantitative estimate of drug-likeness (QED) is 0.567. The van der Waals surface area contributed by atoms with Crippen LogP contribution >= 0.6 is 24.8 Å². The fourth-order valence-electron chi connectivity index (χ4n) is 0.594. The molecule has 1 fully saturated rings. The van der Waals surface area contributed by atoms with E-state index >= 15 is 0 Å². The van der Waals surface area contributed by atoms with Crippen molar-refractivity contribution in [2.75, 3.05) is 13.6 Å². The van der Waals surface area contributed by atoms with Crippen molar-refractivity contribution < 1.29 is 4.79 Å². The highest BCUT2D eigenvalue weighted by atomic mass is 35.5. The van der Waals surface area contributed by atoms with Gasteiger partial charge in [-0.25, -0.2) is 5.01 Å². The predicted molar refractivity (Wildman–Crippen MR) is 39.9 cm³/mol. The molecule has 0 aromatic carbocycles. The number of nitrogens with zero attached hydrogens (tertiary/aromatic N) is 1. The van der Waals surface area contributed by atoms with E-state index in [-0.39, 0.29) is 30.7 Å². The van der Waals surface area contributed by atoms with Crippen LogP contribution in [-0.2, 0) is 4.79 Å². The molecule has 1 amide bonds. The molecule has 5 heteroatoms. The summed E-state index contributed by atoms with van der Waals surface area (Å²) in [5.41, 5.74) is 2.61. The highest BCUT2D eigenvalue weighted by Crippen LogP contribution is 1.91. The Balaban J connectivity index is 0. The first kappa shape index (κ1) is 11.8. The van der Waals surface area contributed by atoms with Crippen molar-refractivity contribution in [3.63, 3.8) is 0 Å². The van der Waals surface area contributed by atoms with E-state index in [1.54, 1.807) is 5.01 Å². The van der Waals surface area contributed by atoms with Gasteiger partial charge in [-0.1, -0.05) is 0 Å². The van der Waals surface area contributed by atoms with Crippen LogP contribution in [0.4, 0.5) is 0 Å². The van der Waals surface area contributed by atoms with Crippen LogP contribution in [0.1, 0.15) is 6.42 Å². The van der Waals surface area contributed by atoms with E-state index in [1.807, 2.05) is 7.05 Å². The van der Waals surface area contributed by atoms with Crippen molar-refractivity contribution in [1.29, 1.82) is 0 Å². The third kappa shape index (κ3) is 3.56. The first-order valence-electron chi connectivity index (χ1n) is 2.29. The smallest absolute Gasteiger partial charge is 0.235 e. The Morgan fingerprint density at radius 3 is 2.22 bits per heavy atom. The lowest BCUT2D eigenvalue weighted by molar-refractivity contribution is -0.120. The molecule has 0 bridgehead atoms. The Labute approximate surface area is 66.6 Å². The SMILES string of the molecule is CN1CCC(=O)N1.Cl.Cl. The summed E-state index contributed by atoms with van der Waals surface area (Å²) < 4.78 is 0. The van der Waals surface area contributed by atoms with Crippen LogP contribution in [0.3, 0.4) is 0 Å². The number of amides is 1. The molecule has 3 nitrogen and oxygen atoms in total. The van der Waals surface area contributed by atoms with Crippen LogP contribution < -0.4 is 5.43 Å². The zero-order chi connectivity index (χ0) is 5.28. The average molecular weight is 173 g/mol. The second-order valence-electron chi connectivity index (χ2n) is 1.71. The van der Waals surface area contributed by atoms with Gasteiger partial charge >= 0.3 is 0 Å². The fraction of sp³-hybridized carbons (Fsp3) is 0.750. The number of halogens is 2. The van der Waals surface area contributed by atoms with Gasteiger partial charge in [0.25, 0.3) is 0 Å². The van der Waals surface area contributed by atoms with Gasteiger partial charge in [0.2, 0.25) is 5.91 Å². The molecule has 0 unspecified atom stereocenters. The number of hydrogen-bond acceptors (Lipinski definition) is 2. The van der Waals surface area contributed by atoms with Gasteiger partial charge in [0, 0.05) is 20.0 Å². The molecule has 1 heterocycles. The van der Waals surface area contributed by atoms with Crippen LogP contribution in [0.15, 0.2) is 0 Å². The van der Waals surface area contributed by atoms with Crippen molar-refractivity contribution >= 4 is 30.7 Å². The molecular formula is C4H10Cl2N2O. The molecule has 0 radical (unpaired) electrons. The van der Waals surface area contributed by atoms with Crippen molar-refractivity contribution in [3.8, 4) is 0 Å². The number of carbonyl (C=O) groups excluding carboxylic acids is 1. The zero-order valence-corrected chi connectivity index (χ0v) is 6.72. The molecule has 9 heavy (non-hydrogen) atoms. The summed E-state index contributed by atoms with van der Waals surface area (Å²) in [4.78, 5) is 10.3. The van der Waals surface area contributed by atoms with Crippen LogP contribution in [0, 0.1) is 0 Å². The maximum atomic E-state index is 10.3. The third-order valence-corrected chi connectivity index (χ3v) is 0.990. The van der Waals surface area contributed by atoms with Gasteiger partial charge in [-0.15, -0.1) is 24.8 Å². The largest absolute Gasteiger partial charge is 0.289 e. The first-order chi connectivity index (χ1) is 3.29. The number of rotatable bonds is 0. The van der Waals surface area contributed by atoms with Crippen LogP contribution in [0.5, 0.6) is 0 Å². The second-order valence-corrected chi connectivity index (χ2v) is 1.71. The molecule has 0 aromatic heterocycles. The van der Waals surface area contributed by atoms with Crippen molar-refractivity contribution in [3.05, 3.63) is 0 Å². The van der Waals surface area contributed by atoms with Crippen LogP contribution in [0.25, 0.3) is 0 Å². The monoisotopic (exact) mass is 172 g/mol. The summed E-state index contributed by atoms with van der Waals surface area (Å²) in [5, 5.41) is 1.78. The summed E-state index contributed by atoms with van der Waals surface area (Å²) in [6.07, 6.45) is 0.649. The third-order valence-electron chi connectivity index (χ3n) is 0.990. The molecule has 0 aromatic rings. The highest BCUT2D eigenvalue weighted by molar-refractivity contribution is 5.85. The lowest BCUT2D eigenvalue weighted by atomic mass is 10.4. The van der Waals surface area contributed by atoms with Crippen molar-refractivity contribution in [2.45, 2.75) is 6.42 Å². The molecule has 1 N–H and O–H groups in total. The normalized spacial score (nSPS) is 17.7. The maximum absolute atomic E-state index is 10.3. The van der Waals surface area contributed by atoms with E-state index in [9.17, 15) is 4.79 Å². The zero-order valence-electron chi connectivity index (χ0n) is 5.09. The van der Waals surface area contributed by atoms with Crippen LogP contribution in [-0.4, -0.2) is 24.5 Å². The number of nitrogens with one attached hydrogen (secondary N) is 1. The van der Waals surface area contributed by atoms with Gasteiger partial charge in [0.15, 0.2) is 0 Å². The number of hydrogen-bond donors (Lipinski definition) is 1. The Hall–Kier alpha value is 0.01000. The minimum atomic E-state index is 0. The molecule has 0 atom stereocenters. The van der Waals surface area contributed by atoms with Gasteiger partial charge in [0.05, 0.1) is 0 Å². The summed E-state index contributed by atoms with van der Waals surface area (Å²) in [6, 6.07) is 0. The van der Waals surface area contributed by atoms with E-state index in [1.165, 1.54) is 0 Å². The minimum absolute atomic E-state index is 0. The average Bonchev–Trinajstić information content (AvgIpc) is 1.87. The summed E-state index contributed by atoms with van der Waals surface area (Å²) in [5.74, 6) is 0.127. The molecule has 56 valence electrons. The highest BCUT2D eigenvalue weighted by Gasteiger charge is 2.12. The maximum Gasteiger partial charge on any atom is 0.235 e. The van der Waals surface area contributed by atoms with Gasteiger partial charge in [-0.2, -0.15) is 0 Å². The van der Waals surface area contributed by atoms with Gasteiger partial charge in [-0.05, 0) is 0 Å². The van der Waals surface area contributed by atoms with Gasteiger partial charge in [0.1, 0.15) is 0 Å². The van der Waals surface area contributed by atoms with E-state index in [2.05, 4.69) is 5.43 Å². The van der Waals surface area contributed by atoms with E-state index in [0.717, 1.165) is 6.54 Å². The fourth-order valence-corrected chi connectivity index (χ4v) is 0.594. The van der Waals surface area contributed by atoms with E-state index < -0.39 is 0 Å². The molecular weight excluding hydrogens is 163 g/mol. The molecule has 1 aliphatic heterocycles. The summed E-state index contributed by atoms with van der Waals surface area (Å²) >= 11 is 0. The summed E-state index contributed by atoms with van der Waals surface area (Å²) in [7, 11) is 1.85. The molecule has 0 spiro atoms. The Kier molecular flexibility index (Phi) is 6.34. The molecule has 1 aliphatic rings. The number of carbonyl (C=O) groups is 1. The second kappa shape index (κ2) is 4.85. The molecule has 1 rings (SSSR count). The Bertz CT molecular complexity index is 98.6. The Morgan fingerprint density at radius 1 is 1.56 bits per heavy atom. The predicted octanol–water partition coefficient (Wildman–Crippen LogP) is 0.197. The first-order valence-corrected chi connectivity index (χ1v) is 2.29. The molecule has 1 saturated heterocycles.